The SMILES string of the molecule is CC(CCN(C)Cc1ccsc1)C1CCCNC1. The molecule has 0 aromatic carbocycles. The molecule has 0 aliphatic carbocycles. The van der Waals surface area contributed by atoms with Gasteiger partial charge in [-0.25, -0.2) is 0 Å². The molecule has 2 rings (SSSR count). The van der Waals surface area contributed by atoms with Crippen LogP contribution in [0.5, 0.6) is 0 Å². The molecule has 1 aromatic heterocycles. The first kappa shape index (κ1) is 14.0. The van der Waals surface area contributed by atoms with Crippen LogP contribution in [0.3, 0.4) is 0 Å². The van der Waals surface area contributed by atoms with Crippen LogP contribution in [0.25, 0.3) is 0 Å². The van der Waals surface area contributed by atoms with E-state index in [-0.39, 0.29) is 0 Å². The van der Waals surface area contributed by atoms with Crippen molar-refractivity contribution in [3.05, 3.63) is 22.4 Å². The Morgan fingerprint density at radius 1 is 1.56 bits per heavy atom. The van der Waals surface area contributed by atoms with E-state index in [0.717, 1.165) is 18.4 Å². The molecule has 2 unspecified atom stereocenters. The van der Waals surface area contributed by atoms with E-state index in [4.69, 9.17) is 0 Å². The monoisotopic (exact) mass is 266 g/mol. The van der Waals surface area contributed by atoms with Crippen molar-refractivity contribution in [3.63, 3.8) is 0 Å². The Morgan fingerprint density at radius 2 is 2.44 bits per heavy atom. The smallest absolute Gasteiger partial charge is 0.0238 e. The average Bonchev–Trinajstić information content (AvgIpc) is 2.90. The highest BCUT2D eigenvalue weighted by molar-refractivity contribution is 7.07. The zero-order valence-electron chi connectivity index (χ0n) is 11.7. The van der Waals surface area contributed by atoms with Crippen LogP contribution in [0, 0.1) is 11.8 Å². The van der Waals surface area contributed by atoms with E-state index < -0.39 is 0 Å². The Balaban J connectivity index is 1.66. The Hall–Kier alpha value is -0.380. The largest absolute Gasteiger partial charge is 0.316 e. The van der Waals surface area contributed by atoms with Crippen LogP contribution in [0.4, 0.5) is 0 Å². The molecule has 2 atom stereocenters. The molecule has 0 amide bonds. The summed E-state index contributed by atoms with van der Waals surface area (Å²) in [6.07, 6.45) is 4.11. The molecule has 1 aliphatic heterocycles. The minimum Gasteiger partial charge on any atom is -0.316 e. The standard InChI is InChI=1S/C15H26N2S/c1-13(15-4-3-7-16-10-15)5-8-17(2)11-14-6-9-18-12-14/h6,9,12-13,15-16H,3-5,7-8,10-11H2,1-2H3. The zero-order valence-corrected chi connectivity index (χ0v) is 12.5. The first-order valence-corrected chi connectivity index (χ1v) is 8.10. The molecule has 102 valence electrons. The summed E-state index contributed by atoms with van der Waals surface area (Å²) in [5.74, 6) is 1.75. The van der Waals surface area contributed by atoms with E-state index in [1.165, 1.54) is 44.5 Å². The molecule has 2 heterocycles. The minimum atomic E-state index is 0.850. The van der Waals surface area contributed by atoms with Crippen LogP contribution < -0.4 is 5.32 Å². The maximum atomic E-state index is 3.53. The lowest BCUT2D eigenvalue weighted by Crippen LogP contribution is -2.34. The van der Waals surface area contributed by atoms with E-state index in [1.807, 2.05) is 0 Å². The summed E-state index contributed by atoms with van der Waals surface area (Å²) in [6.45, 7) is 7.19. The topological polar surface area (TPSA) is 15.3 Å². The number of piperidine rings is 1. The van der Waals surface area contributed by atoms with Crippen LogP contribution in [0.1, 0.15) is 31.7 Å². The molecule has 1 aromatic rings. The summed E-state index contributed by atoms with van der Waals surface area (Å²) in [7, 11) is 2.24. The highest BCUT2D eigenvalue weighted by Gasteiger charge is 2.19. The highest BCUT2D eigenvalue weighted by atomic mass is 32.1. The number of nitrogens with zero attached hydrogens (tertiary/aromatic N) is 1. The Labute approximate surface area is 115 Å². The summed E-state index contributed by atoms with van der Waals surface area (Å²) in [4.78, 5) is 2.45. The first-order chi connectivity index (χ1) is 8.75. The second-order valence-electron chi connectivity index (χ2n) is 5.74. The molecule has 0 spiro atoms. The van der Waals surface area contributed by atoms with Crippen LogP contribution in [-0.4, -0.2) is 31.6 Å². The number of rotatable bonds is 6. The van der Waals surface area contributed by atoms with Gasteiger partial charge in [-0.05, 0) is 80.2 Å². The van der Waals surface area contributed by atoms with Gasteiger partial charge in [-0.1, -0.05) is 6.92 Å². The fourth-order valence-electron chi connectivity index (χ4n) is 2.80. The third-order valence-corrected chi connectivity index (χ3v) is 4.87. The lowest BCUT2D eigenvalue weighted by molar-refractivity contribution is 0.229. The lowest BCUT2D eigenvalue weighted by atomic mass is 9.85. The van der Waals surface area contributed by atoms with Gasteiger partial charge in [0.25, 0.3) is 0 Å². The molecule has 1 aliphatic rings. The average molecular weight is 266 g/mol. The predicted molar refractivity (Wildman–Crippen MR) is 80.0 cm³/mol. The third kappa shape index (κ3) is 4.38. The molecule has 1 N–H and O–H groups in total. The Kier molecular flexibility index (Phi) is 5.67. The van der Waals surface area contributed by atoms with E-state index in [1.54, 1.807) is 11.3 Å². The number of nitrogens with one attached hydrogen (secondary N) is 1. The maximum Gasteiger partial charge on any atom is 0.0238 e. The maximum absolute atomic E-state index is 3.53. The number of hydrogen-bond acceptors (Lipinski definition) is 3. The van der Waals surface area contributed by atoms with Gasteiger partial charge in [0.15, 0.2) is 0 Å². The van der Waals surface area contributed by atoms with E-state index >= 15 is 0 Å². The van der Waals surface area contributed by atoms with Gasteiger partial charge < -0.3 is 10.2 Å². The third-order valence-electron chi connectivity index (χ3n) is 4.14. The predicted octanol–water partition coefficient (Wildman–Crippen LogP) is 3.21. The molecule has 0 saturated carbocycles. The van der Waals surface area contributed by atoms with Crippen molar-refractivity contribution in [2.45, 2.75) is 32.7 Å². The van der Waals surface area contributed by atoms with Crippen molar-refractivity contribution >= 4 is 11.3 Å². The van der Waals surface area contributed by atoms with Crippen molar-refractivity contribution in [2.24, 2.45) is 11.8 Å². The second kappa shape index (κ2) is 7.27. The van der Waals surface area contributed by atoms with Crippen LogP contribution >= 0.6 is 11.3 Å². The first-order valence-electron chi connectivity index (χ1n) is 7.16. The van der Waals surface area contributed by atoms with Crippen molar-refractivity contribution in [3.8, 4) is 0 Å². The van der Waals surface area contributed by atoms with Gasteiger partial charge in [0.1, 0.15) is 0 Å². The van der Waals surface area contributed by atoms with Crippen LogP contribution in [0.15, 0.2) is 16.8 Å². The molecule has 2 nitrogen and oxygen atoms in total. The van der Waals surface area contributed by atoms with E-state index in [2.05, 4.69) is 41.0 Å². The van der Waals surface area contributed by atoms with Crippen LogP contribution in [0.2, 0.25) is 0 Å². The van der Waals surface area contributed by atoms with Crippen molar-refractivity contribution in [2.75, 3.05) is 26.7 Å². The van der Waals surface area contributed by atoms with Crippen molar-refractivity contribution in [1.29, 1.82) is 0 Å². The fourth-order valence-corrected chi connectivity index (χ4v) is 3.46. The quantitative estimate of drug-likeness (QED) is 0.850. The Morgan fingerprint density at radius 3 is 3.11 bits per heavy atom. The minimum absolute atomic E-state index is 0.850. The van der Waals surface area contributed by atoms with Gasteiger partial charge in [0.2, 0.25) is 0 Å². The molecular weight excluding hydrogens is 240 g/mol. The van der Waals surface area contributed by atoms with E-state index in [9.17, 15) is 0 Å². The second-order valence-corrected chi connectivity index (χ2v) is 6.52. The summed E-state index contributed by atoms with van der Waals surface area (Å²) in [5, 5.41) is 7.95. The Bertz CT molecular complexity index is 317. The summed E-state index contributed by atoms with van der Waals surface area (Å²) in [6, 6.07) is 2.23. The summed E-state index contributed by atoms with van der Waals surface area (Å²) < 4.78 is 0. The van der Waals surface area contributed by atoms with Crippen molar-refractivity contribution < 1.29 is 0 Å². The molecule has 1 fully saturated rings. The van der Waals surface area contributed by atoms with Gasteiger partial charge in [-0.2, -0.15) is 11.3 Å². The molecular formula is C15H26N2S. The lowest BCUT2D eigenvalue weighted by Gasteiger charge is -2.29. The van der Waals surface area contributed by atoms with Gasteiger partial charge in [-0.15, -0.1) is 0 Å². The number of hydrogen-bond donors (Lipinski definition) is 1. The van der Waals surface area contributed by atoms with Crippen LogP contribution in [-0.2, 0) is 6.54 Å². The summed E-state index contributed by atoms with van der Waals surface area (Å²) in [5.41, 5.74) is 1.45. The number of thiophene rings is 1. The summed E-state index contributed by atoms with van der Waals surface area (Å²) >= 11 is 1.79. The molecule has 0 radical (unpaired) electrons. The van der Waals surface area contributed by atoms with Gasteiger partial charge in [0.05, 0.1) is 0 Å². The molecule has 3 heteroatoms. The molecule has 1 saturated heterocycles. The van der Waals surface area contributed by atoms with Gasteiger partial charge >= 0.3 is 0 Å². The highest BCUT2D eigenvalue weighted by Crippen LogP contribution is 2.22. The fraction of sp³-hybridized carbons (Fsp3) is 0.733. The van der Waals surface area contributed by atoms with Gasteiger partial charge in [-0.3, -0.25) is 0 Å². The van der Waals surface area contributed by atoms with Crippen molar-refractivity contribution in [1.82, 2.24) is 10.2 Å². The normalized spacial score (nSPS) is 22.3. The van der Waals surface area contributed by atoms with E-state index in [0.29, 0.717) is 0 Å². The molecule has 18 heavy (non-hydrogen) atoms. The zero-order chi connectivity index (χ0) is 12.8. The van der Waals surface area contributed by atoms with Gasteiger partial charge in [0, 0.05) is 6.54 Å². The molecule has 0 bridgehead atoms.